The number of ether oxygens (including phenoxy) is 1. The molecule has 120 valence electrons. The molecule has 23 heavy (non-hydrogen) atoms. The number of anilines is 1. The van der Waals surface area contributed by atoms with Gasteiger partial charge >= 0.3 is 5.97 Å². The first-order chi connectivity index (χ1) is 11.1. The molecule has 1 aromatic carbocycles. The molecule has 0 spiro atoms. The number of carboxylic acids is 1. The Morgan fingerprint density at radius 3 is 2.26 bits per heavy atom. The van der Waals surface area contributed by atoms with E-state index in [1.54, 1.807) is 31.4 Å². The number of nitrogens with one attached hydrogen (secondary N) is 1. The number of hydrogen-bond acceptors (Lipinski definition) is 3. The van der Waals surface area contributed by atoms with E-state index in [0.717, 1.165) is 6.42 Å². The molecule has 5 rings (SSSR count). The number of carbonyl (C=O) groups is 2. The zero-order valence-corrected chi connectivity index (χ0v) is 12.8. The lowest BCUT2D eigenvalue weighted by Gasteiger charge is -2.41. The molecule has 6 atom stereocenters. The van der Waals surface area contributed by atoms with Crippen molar-refractivity contribution >= 4 is 17.6 Å². The van der Waals surface area contributed by atoms with Crippen LogP contribution >= 0.6 is 0 Å². The molecule has 0 aliphatic heterocycles. The summed E-state index contributed by atoms with van der Waals surface area (Å²) in [7, 11) is 1.59. The van der Waals surface area contributed by atoms with Crippen LogP contribution in [0.25, 0.3) is 0 Å². The second-order valence-electron chi connectivity index (χ2n) is 6.71. The van der Waals surface area contributed by atoms with E-state index in [4.69, 9.17) is 4.74 Å². The molecule has 2 bridgehead atoms. The van der Waals surface area contributed by atoms with Crippen LogP contribution < -0.4 is 10.1 Å². The van der Waals surface area contributed by atoms with Crippen LogP contribution in [-0.2, 0) is 9.59 Å². The van der Waals surface area contributed by atoms with Gasteiger partial charge in [0.2, 0.25) is 5.91 Å². The molecule has 0 saturated heterocycles. The topological polar surface area (TPSA) is 75.6 Å². The van der Waals surface area contributed by atoms with E-state index in [1.807, 2.05) is 6.08 Å². The number of aliphatic carboxylic acids is 1. The third-order valence-corrected chi connectivity index (χ3v) is 5.60. The van der Waals surface area contributed by atoms with Gasteiger partial charge in [0.15, 0.2) is 0 Å². The van der Waals surface area contributed by atoms with E-state index >= 15 is 0 Å². The molecule has 0 heterocycles. The Kier molecular flexibility index (Phi) is 3.18. The average molecular weight is 313 g/mol. The van der Waals surface area contributed by atoms with E-state index in [0.29, 0.717) is 23.3 Å². The Labute approximate surface area is 134 Å². The number of carboxylic acid groups (broad SMARTS) is 1. The summed E-state index contributed by atoms with van der Waals surface area (Å²) in [6.45, 7) is 0. The van der Waals surface area contributed by atoms with E-state index < -0.39 is 17.8 Å². The van der Waals surface area contributed by atoms with Crippen LogP contribution in [-0.4, -0.2) is 24.1 Å². The third kappa shape index (κ3) is 2.22. The minimum absolute atomic E-state index is 0.00844. The number of carbonyl (C=O) groups excluding carboxylic acids is 1. The molecule has 5 heteroatoms. The van der Waals surface area contributed by atoms with Gasteiger partial charge in [-0.3, -0.25) is 9.59 Å². The summed E-state index contributed by atoms with van der Waals surface area (Å²) in [4.78, 5) is 24.5. The van der Waals surface area contributed by atoms with Gasteiger partial charge in [0, 0.05) is 5.69 Å². The summed E-state index contributed by atoms with van der Waals surface area (Å²) >= 11 is 0. The quantitative estimate of drug-likeness (QED) is 0.837. The first kappa shape index (κ1) is 14.3. The van der Waals surface area contributed by atoms with Crippen molar-refractivity contribution in [3.8, 4) is 5.75 Å². The number of benzene rings is 1. The van der Waals surface area contributed by atoms with Crippen molar-refractivity contribution in [3.05, 3.63) is 36.4 Å². The first-order valence-electron chi connectivity index (χ1n) is 7.96. The lowest BCUT2D eigenvalue weighted by Crippen LogP contribution is -2.48. The van der Waals surface area contributed by atoms with Crippen LogP contribution in [0.1, 0.15) is 6.42 Å². The Balaban J connectivity index is 1.56. The second-order valence-corrected chi connectivity index (χ2v) is 6.71. The summed E-state index contributed by atoms with van der Waals surface area (Å²) in [5.74, 6) is -0.383. The molecule has 2 saturated carbocycles. The normalized spacial score (nSPS) is 36.2. The van der Waals surface area contributed by atoms with Gasteiger partial charge < -0.3 is 15.2 Å². The predicted octanol–water partition coefficient (Wildman–Crippen LogP) is 2.40. The number of methoxy groups -OCH3 is 1. The zero-order valence-electron chi connectivity index (χ0n) is 12.8. The Morgan fingerprint density at radius 1 is 1.09 bits per heavy atom. The highest BCUT2D eigenvalue weighted by Gasteiger charge is 2.62. The fourth-order valence-electron chi connectivity index (χ4n) is 4.47. The van der Waals surface area contributed by atoms with Crippen molar-refractivity contribution in [2.75, 3.05) is 12.4 Å². The maximum absolute atomic E-state index is 12.8. The Hall–Kier alpha value is -2.30. The molecule has 2 N–H and O–H groups in total. The van der Waals surface area contributed by atoms with E-state index in [1.165, 1.54) is 0 Å². The zero-order chi connectivity index (χ0) is 16.1. The average Bonchev–Trinajstić information content (AvgIpc) is 3.37. The van der Waals surface area contributed by atoms with Gasteiger partial charge in [-0.05, 0) is 54.4 Å². The first-order valence-corrected chi connectivity index (χ1v) is 7.96. The van der Waals surface area contributed by atoms with Crippen LogP contribution in [0.5, 0.6) is 5.75 Å². The summed E-state index contributed by atoms with van der Waals surface area (Å²) in [6.07, 6.45) is 5.14. The number of amides is 1. The maximum Gasteiger partial charge on any atom is 0.307 e. The van der Waals surface area contributed by atoms with E-state index in [-0.39, 0.29) is 17.7 Å². The number of fused-ring (bicyclic) bond motifs is 1. The monoisotopic (exact) mass is 313 g/mol. The fourth-order valence-corrected chi connectivity index (χ4v) is 4.47. The van der Waals surface area contributed by atoms with Gasteiger partial charge in [-0.2, -0.15) is 0 Å². The van der Waals surface area contributed by atoms with Gasteiger partial charge in [-0.1, -0.05) is 12.2 Å². The van der Waals surface area contributed by atoms with Gasteiger partial charge in [-0.25, -0.2) is 0 Å². The van der Waals surface area contributed by atoms with Crippen molar-refractivity contribution < 1.29 is 19.4 Å². The molecule has 0 unspecified atom stereocenters. The summed E-state index contributed by atoms with van der Waals surface area (Å²) in [6, 6.07) is 7.08. The van der Waals surface area contributed by atoms with Crippen molar-refractivity contribution in [1.29, 1.82) is 0 Å². The smallest absolute Gasteiger partial charge is 0.307 e. The van der Waals surface area contributed by atoms with E-state index in [2.05, 4.69) is 11.4 Å². The highest BCUT2D eigenvalue weighted by atomic mass is 16.5. The number of allylic oxidation sites excluding steroid dienone is 2. The van der Waals surface area contributed by atoms with Crippen LogP contribution in [0.2, 0.25) is 0 Å². The lowest BCUT2D eigenvalue weighted by atomic mass is 9.62. The maximum atomic E-state index is 12.8. The van der Waals surface area contributed by atoms with Crippen molar-refractivity contribution in [2.24, 2.45) is 35.5 Å². The summed E-state index contributed by atoms with van der Waals surface area (Å²) in [5.41, 5.74) is 0.665. The minimum Gasteiger partial charge on any atom is -0.497 e. The van der Waals surface area contributed by atoms with Crippen molar-refractivity contribution in [3.63, 3.8) is 0 Å². The van der Waals surface area contributed by atoms with Crippen LogP contribution in [0.3, 0.4) is 0 Å². The Bertz CT molecular complexity index is 681. The van der Waals surface area contributed by atoms with Gasteiger partial charge in [-0.15, -0.1) is 0 Å². The third-order valence-electron chi connectivity index (χ3n) is 5.60. The largest absolute Gasteiger partial charge is 0.497 e. The highest BCUT2D eigenvalue weighted by Crippen LogP contribution is 2.63. The lowest BCUT2D eigenvalue weighted by molar-refractivity contribution is -0.152. The second kappa shape index (κ2) is 5.11. The van der Waals surface area contributed by atoms with Gasteiger partial charge in [0.25, 0.3) is 0 Å². The van der Waals surface area contributed by atoms with Crippen LogP contribution in [0.4, 0.5) is 5.69 Å². The molecule has 0 aromatic heterocycles. The molecular formula is C18H19NO4. The molecule has 1 amide bonds. The van der Waals surface area contributed by atoms with Crippen molar-refractivity contribution in [2.45, 2.75) is 6.42 Å². The number of hydrogen-bond donors (Lipinski definition) is 2. The van der Waals surface area contributed by atoms with Gasteiger partial charge in [0.1, 0.15) is 5.75 Å². The SMILES string of the molecule is COc1ccc(NC(=O)[C@@H]2[C@H]3C=C[C@@H]([C@@H]4C[C@@H]34)[C@@H]2C(=O)O)cc1. The molecule has 4 aliphatic rings. The van der Waals surface area contributed by atoms with E-state index in [9.17, 15) is 14.7 Å². The van der Waals surface area contributed by atoms with Crippen LogP contribution in [0, 0.1) is 35.5 Å². The standard InChI is InChI=1S/C18H19NO4/c1-23-10-4-2-9(3-5-10)19-17(20)15-11-6-7-12(14-8-13(11)14)16(15)18(21)22/h2-7,11-16H,8H2,1H3,(H,19,20)(H,21,22)/t11-,12-,13-,14-,15+,16-/m0/s1. The molecule has 2 fully saturated rings. The summed E-state index contributed by atoms with van der Waals surface area (Å²) < 4.78 is 5.10. The molecule has 0 radical (unpaired) electrons. The predicted molar refractivity (Wildman–Crippen MR) is 84.0 cm³/mol. The summed E-state index contributed by atoms with van der Waals surface area (Å²) in [5, 5.41) is 12.5. The number of rotatable bonds is 4. The highest BCUT2D eigenvalue weighted by molar-refractivity contribution is 5.96. The van der Waals surface area contributed by atoms with Crippen molar-refractivity contribution in [1.82, 2.24) is 0 Å². The minimum atomic E-state index is -0.857. The molecule has 4 aliphatic carbocycles. The Morgan fingerprint density at radius 2 is 1.70 bits per heavy atom. The molecule has 5 nitrogen and oxygen atoms in total. The van der Waals surface area contributed by atoms with Crippen LogP contribution in [0.15, 0.2) is 36.4 Å². The van der Waals surface area contributed by atoms with Gasteiger partial charge in [0.05, 0.1) is 18.9 Å². The molecular weight excluding hydrogens is 294 g/mol. The fraction of sp³-hybridized carbons (Fsp3) is 0.444. The molecule has 1 aromatic rings.